The summed E-state index contributed by atoms with van der Waals surface area (Å²) in [5, 5.41) is 2.65. The number of methoxy groups -OCH3 is 2. The van der Waals surface area contributed by atoms with Gasteiger partial charge in [-0.2, -0.15) is 0 Å². The Morgan fingerprint density at radius 2 is 1.69 bits per heavy atom. The number of nitrogens with one attached hydrogen (secondary N) is 1. The molecule has 0 aliphatic rings. The van der Waals surface area contributed by atoms with Gasteiger partial charge in [0.25, 0.3) is 5.91 Å². The molecule has 0 radical (unpaired) electrons. The average molecular weight is 357 g/mol. The first-order chi connectivity index (χ1) is 12.4. The fourth-order valence-corrected chi connectivity index (χ4v) is 2.16. The predicted octanol–water partition coefficient (Wildman–Crippen LogP) is 2.70. The fraction of sp³-hybridized carbons (Fsp3) is 0.211. The van der Waals surface area contributed by atoms with Gasteiger partial charge in [0.1, 0.15) is 17.1 Å². The summed E-state index contributed by atoms with van der Waals surface area (Å²) in [6.07, 6.45) is 0. The van der Waals surface area contributed by atoms with E-state index in [0.717, 1.165) is 0 Å². The number of esters is 1. The highest BCUT2D eigenvalue weighted by molar-refractivity contribution is 5.96. The van der Waals surface area contributed by atoms with Gasteiger partial charge in [0, 0.05) is 17.3 Å². The van der Waals surface area contributed by atoms with Crippen molar-refractivity contribution in [2.75, 3.05) is 26.1 Å². The van der Waals surface area contributed by atoms with E-state index < -0.39 is 11.9 Å². The topological polar surface area (TPSA) is 90.9 Å². The zero-order valence-electron chi connectivity index (χ0n) is 14.7. The minimum Gasteiger partial charge on any atom is -0.497 e. The van der Waals surface area contributed by atoms with Crippen LogP contribution in [0.25, 0.3) is 0 Å². The number of hydrogen-bond donors (Lipinski definition) is 1. The molecule has 0 atom stereocenters. The van der Waals surface area contributed by atoms with Gasteiger partial charge in [-0.15, -0.1) is 0 Å². The van der Waals surface area contributed by atoms with Crippen molar-refractivity contribution in [1.29, 1.82) is 0 Å². The second-order valence-corrected chi connectivity index (χ2v) is 5.32. The summed E-state index contributed by atoms with van der Waals surface area (Å²) in [6, 6.07) is 11.1. The van der Waals surface area contributed by atoms with Crippen LogP contribution < -0.4 is 14.8 Å². The number of carbonyl (C=O) groups is 3. The minimum absolute atomic E-state index is 0.0559. The molecule has 0 spiro atoms. The maximum absolute atomic E-state index is 12.1. The second-order valence-electron chi connectivity index (χ2n) is 5.32. The van der Waals surface area contributed by atoms with Crippen molar-refractivity contribution >= 4 is 23.3 Å². The van der Waals surface area contributed by atoms with Gasteiger partial charge in [-0.05, 0) is 43.3 Å². The van der Waals surface area contributed by atoms with Crippen molar-refractivity contribution < 1.29 is 28.6 Å². The van der Waals surface area contributed by atoms with E-state index in [9.17, 15) is 14.4 Å². The number of carbonyl (C=O) groups excluding carboxylic acids is 3. The molecular formula is C19H19NO6. The van der Waals surface area contributed by atoms with Gasteiger partial charge < -0.3 is 19.5 Å². The predicted molar refractivity (Wildman–Crippen MR) is 94.9 cm³/mol. The third kappa shape index (κ3) is 4.83. The van der Waals surface area contributed by atoms with E-state index in [1.807, 2.05) is 0 Å². The van der Waals surface area contributed by atoms with Crippen LogP contribution >= 0.6 is 0 Å². The van der Waals surface area contributed by atoms with E-state index in [0.29, 0.717) is 17.0 Å². The molecule has 0 bridgehead atoms. The van der Waals surface area contributed by atoms with Crippen LogP contribution in [-0.4, -0.2) is 38.5 Å². The summed E-state index contributed by atoms with van der Waals surface area (Å²) in [5.74, 6) is -0.396. The van der Waals surface area contributed by atoms with Gasteiger partial charge in [0.05, 0.1) is 14.2 Å². The molecule has 0 aromatic heterocycles. The molecule has 2 aromatic carbocycles. The number of benzene rings is 2. The molecule has 7 heteroatoms. The lowest BCUT2D eigenvalue weighted by molar-refractivity contribution is -0.118. The maximum Gasteiger partial charge on any atom is 0.341 e. The lowest BCUT2D eigenvalue weighted by Gasteiger charge is -2.12. The first-order valence-electron chi connectivity index (χ1n) is 7.74. The number of ketones is 1. The van der Waals surface area contributed by atoms with Crippen LogP contribution in [-0.2, 0) is 9.53 Å². The highest BCUT2D eigenvalue weighted by Crippen LogP contribution is 2.25. The van der Waals surface area contributed by atoms with Crippen LogP contribution in [0.2, 0.25) is 0 Å². The third-order valence-electron chi connectivity index (χ3n) is 3.53. The second kappa shape index (κ2) is 8.66. The summed E-state index contributed by atoms with van der Waals surface area (Å²) in [6.45, 7) is 1.15. The van der Waals surface area contributed by atoms with E-state index >= 15 is 0 Å². The van der Waals surface area contributed by atoms with Crippen molar-refractivity contribution in [3.05, 3.63) is 53.6 Å². The standard InChI is InChI=1S/C19H19NO6/c1-12(21)13-4-6-14(7-5-13)20-18(22)11-26-17-10-15(24-2)8-9-16(17)19(23)25-3/h4-10H,11H2,1-3H3,(H,20,22). The van der Waals surface area contributed by atoms with Crippen LogP contribution in [0, 0.1) is 0 Å². The third-order valence-corrected chi connectivity index (χ3v) is 3.53. The van der Waals surface area contributed by atoms with Crippen molar-refractivity contribution in [1.82, 2.24) is 0 Å². The average Bonchev–Trinajstić information content (AvgIpc) is 2.65. The first kappa shape index (κ1) is 19.0. The van der Waals surface area contributed by atoms with E-state index in [1.54, 1.807) is 30.3 Å². The van der Waals surface area contributed by atoms with E-state index in [1.165, 1.54) is 33.3 Å². The summed E-state index contributed by atoms with van der Waals surface area (Å²) < 4.78 is 15.2. The number of ether oxygens (including phenoxy) is 3. The van der Waals surface area contributed by atoms with Crippen LogP contribution in [0.5, 0.6) is 11.5 Å². The Balaban J connectivity index is 2.04. The molecule has 1 amide bonds. The molecule has 0 heterocycles. The Labute approximate surface area is 150 Å². The number of anilines is 1. The lowest BCUT2D eigenvalue weighted by Crippen LogP contribution is -2.21. The van der Waals surface area contributed by atoms with Crippen molar-refractivity contribution in [3.8, 4) is 11.5 Å². The molecule has 2 aromatic rings. The summed E-state index contributed by atoms with van der Waals surface area (Å²) in [4.78, 5) is 35.1. The van der Waals surface area contributed by atoms with E-state index in [-0.39, 0.29) is 23.7 Å². The van der Waals surface area contributed by atoms with Crippen molar-refractivity contribution in [2.45, 2.75) is 6.92 Å². The Bertz CT molecular complexity index is 813. The molecule has 1 N–H and O–H groups in total. The Hall–Kier alpha value is -3.35. The molecule has 7 nitrogen and oxygen atoms in total. The molecule has 136 valence electrons. The van der Waals surface area contributed by atoms with Crippen LogP contribution in [0.4, 0.5) is 5.69 Å². The SMILES string of the molecule is COC(=O)c1ccc(OC)cc1OCC(=O)Nc1ccc(C(C)=O)cc1. The number of amides is 1. The van der Waals surface area contributed by atoms with Gasteiger partial charge in [0.15, 0.2) is 12.4 Å². The summed E-state index contributed by atoms with van der Waals surface area (Å²) in [5.41, 5.74) is 1.27. The number of rotatable bonds is 7. The van der Waals surface area contributed by atoms with Crippen LogP contribution in [0.15, 0.2) is 42.5 Å². The number of hydrogen-bond acceptors (Lipinski definition) is 6. The highest BCUT2D eigenvalue weighted by atomic mass is 16.5. The molecule has 0 saturated carbocycles. The first-order valence-corrected chi connectivity index (χ1v) is 7.74. The smallest absolute Gasteiger partial charge is 0.341 e. The maximum atomic E-state index is 12.1. The fourth-order valence-electron chi connectivity index (χ4n) is 2.16. The van der Waals surface area contributed by atoms with Gasteiger partial charge in [-0.3, -0.25) is 9.59 Å². The zero-order chi connectivity index (χ0) is 19.1. The molecule has 0 unspecified atom stereocenters. The van der Waals surface area contributed by atoms with Gasteiger partial charge in [-0.1, -0.05) is 0 Å². The largest absolute Gasteiger partial charge is 0.497 e. The number of Topliss-reactive ketones (excluding diaryl/α,β-unsaturated/α-hetero) is 1. The van der Waals surface area contributed by atoms with E-state index in [2.05, 4.69) is 5.32 Å². The monoisotopic (exact) mass is 357 g/mol. The van der Waals surface area contributed by atoms with Crippen LogP contribution in [0.1, 0.15) is 27.6 Å². The normalized spacial score (nSPS) is 9.96. The molecule has 2 rings (SSSR count). The Morgan fingerprint density at radius 1 is 1.00 bits per heavy atom. The van der Waals surface area contributed by atoms with Gasteiger partial charge in [0.2, 0.25) is 0 Å². The minimum atomic E-state index is -0.581. The summed E-state index contributed by atoms with van der Waals surface area (Å²) >= 11 is 0. The Morgan fingerprint density at radius 3 is 2.27 bits per heavy atom. The van der Waals surface area contributed by atoms with Crippen LogP contribution in [0.3, 0.4) is 0 Å². The molecule has 0 aliphatic heterocycles. The molecular weight excluding hydrogens is 338 g/mol. The highest BCUT2D eigenvalue weighted by Gasteiger charge is 2.15. The zero-order valence-corrected chi connectivity index (χ0v) is 14.7. The van der Waals surface area contributed by atoms with Gasteiger partial charge in [-0.25, -0.2) is 4.79 Å². The summed E-state index contributed by atoms with van der Waals surface area (Å²) in [7, 11) is 2.74. The van der Waals surface area contributed by atoms with Crippen molar-refractivity contribution in [3.63, 3.8) is 0 Å². The Kier molecular flexibility index (Phi) is 6.32. The molecule has 0 fully saturated rings. The molecule has 0 aliphatic carbocycles. The molecule has 26 heavy (non-hydrogen) atoms. The lowest BCUT2D eigenvalue weighted by atomic mass is 10.1. The molecule has 0 saturated heterocycles. The van der Waals surface area contributed by atoms with E-state index in [4.69, 9.17) is 14.2 Å². The quantitative estimate of drug-likeness (QED) is 0.605. The van der Waals surface area contributed by atoms with Gasteiger partial charge >= 0.3 is 5.97 Å². The van der Waals surface area contributed by atoms with Crippen molar-refractivity contribution in [2.24, 2.45) is 0 Å².